The molecular formula is C25H24Cl2F3N7O3. The van der Waals surface area contributed by atoms with Crippen molar-refractivity contribution >= 4 is 29.2 Å². The molecule has 1 aliphatic rings. The van der Waals surface area contributed by atoms with E-state index in [-0.39, 0.29) is 24.7 Å². The van der Waals surface area contributed by atoms with Gasteiger partial charge in [-0.2, -0.15) is 22.8 Å². The molecule has 0 amide bonds. The second-order valence-electron chi connectivity index (χ2n) is 9.80. The summed E-state index contributed by atoms with van der Waals surface area (Å²) in [5.74, 6) is 0.414. The van der Waals surface area contributed by atoms with E-state index in [1.807, 2.05) is 4.90 Å². The van der Waals surface area contributed by atoms with Gasteiger partial charge in [0, 0.05) is 23.7 Å². The Kier molecular flexibility index (Phi) is 7.42. The molecule has 10 nitrogen and oxygen atoms in total. The van der Waals surface area contributed by atoms with Gasteiger partial charge < -0.3 is 15.1 Å². The van der Waals surface area contributed by atoms with Crippen LogP contribution in [0, 0.1) is 0 Å². The van der Waals surface area contributed by atoms with Gasteiger partial charge >= 0.3 is 11.9 Å². The summed E-state index contributed by atoms with van der Waals surface area (Å²) in [4.78, 5) is 19.7. The molecule has 1 fully saturated rings. The number of aromatic nitrogens is 6. The molecule has 5 rings (SSSR count). The van der Waals surface area contributed by atoms with Crippen LogP contribution in [-0.4, -0.2) is 70.3 Å². The Labute approximate surface area is 235 Å². The van der Waals surface area contributed by atoms with E-state index in [2.05, 4.69) is 15.2 Å². The van der Waals surface area contributed by atoms with Crippen molar-refractivity contribution < 1.29 is 23.4 Å². The van der Waals surface area contributed by atoms with E-state index in [0.717, 1.165) is 9.25 Å². The minimum atomic E-state index is -4.94. The number of hydrogen-bond donors (Lipinski definition) is 2. The van der Waals surface area contributed by atoms with Crippen molar-refractivity contribution in [1.29, 1.82) is 0 Å². The SMILES string of the molecule is CC1(O)CCN(c2nc(Cn3nc(-c4ccc(Cl)cc4)n(CC(O)C(F)(F)F)c3=O)nn2-c2ccccc2Cl)C1. The number of halogens is 5. The number of nitrogens with zero attached hydrogens (tertiary/aromatic N) is 7. The van der Waals surface area contributed by atoms with E-state index in [1.165, 1.54) is 28.9 Å². The lowest BCUT2D eigenvalue weighted by Gasteiger charge is -2.20. The van der Waals surface area contributed by atoms with Crippen molar-refractivity contribution in [3.8, 4) is 17.1 Å². The molecule has 2 N–H and O–H groups in total. The smallest absolute Gasteiger partial charge is 0.388 e. The maximum absolute atomic E-state index is 13.3. The van der Waals surface area contributed by atoms with Crippen molar-refractivity contribution in [3.63, 3.8) is 0 Å². The summed E-state index contributed by atoms with van der Waals surface area (Å²) in [6.07, 6.45) is -7.24. The Bertz CT molecular complexity index is 1580. The number of aliphatic hydroxyl groups is 2. The number of benzene rings is 2. The number of rotatable bonds is 7. The molecule has 2 aromatic carbocycles. The molecule has 0 saturated carbocycles. The molecule has 2 aromatic heterocycles. The minimum absolute atomic E-state index is 0.0914. The Morgan fingerprint density at radius 1 is 1.10 bits per heavy atom. The minimum Gasteiger partial charge on any atom is -0.388 e. The molecule has 1 saturated heterocycles. The summed E-state index contributed by atoms with van der Waals surface area (Å²) in [6, 6.07) is 13.0. The topological polar surface area (TPSA) is 114 Å². The molecule has 2 unspecified atom stereocenters. The lowest BCUT2D eigenvalue weighted by molar-refractivity contribution is -0.207. The Morgan fingerprint density at radius 3 is 2.42 bits per heavy atom. The van der Waals surface area contributed by atoms with Crippen LogP contribution in [0.3, 0.4) is 0 Å². The number of alkyl halides is 3. The maximum atomic E-state index is 13.3. The predicted molar refractivity (Wildman–Crippen MR) is 142 cm³/mol. The average Bonchev–Trinajstić information content (AvgIpc) is 3.55. The first-order valence-electron chi connectivity index (χ1n) is 12.2. The molecule has 3 heterocycles. The van der Waals surface area contributed by atoms with E-state index in [9.17, 15) is 28.2 Å². The average molecular weight is 598 g/mol. The largest absolute Gasteiger partial charge is 0.416 e. The van der Waals surface area contributed by atoms with Crippen molar-refractivity contribution in [3.05, 3.63) is 74.9 Å². The van der Waals surface area contributed by atoms with Crippen LogP contribution < -0.4 is 10.6 Å². The zero-order valence-electron chi connectivity index (χ0n) is 21.1. The molecular weight excluding hydrogens is 574 g/mol. The van der Waals surface area contributed by atoms with E-state index < -0.39 is 30.1 Å². The first kappa shape index (κ1) is 28.1. The maximum Gasteiger partial charge on any atom is 0.416 e. The third-order valence-electron chi connectivity index (χ3n) is 6.50. The third kappa shape index (κ3) is 5.73. The first-order chi connectivity index (χ1) is 18.8. The predicted octanol–water partition coefficient (Wildman–Crippen LogP) is 3.53. The summed E-state index contributed by atoms with van der Waals surface area (Å²) < 4.78 is 42.7. The second kappa shape index (κ2) is 10.5. The lowest BCUT2D eigenvalue weighted by Crippen LogP contribution is -2.37. The van der Waals surface area contributed by atoms with Crippen LogP contribution in [0.1, 0.15) is 19.2 Å². The zero-order valence-corrected chi connectivity index (χ0v) is 22.6. The van der Waals surface area contributed by atoms with Crippen LogP contribution in [0.2, 0.25) is 10.0 Å². The van der Waals surface area contributed by atoms with Gasteiger partial charge in [-0.15, -0.1) is 10.2 Å². The van der Waals surface area contributed by atoms with Crippen LogP contribution >= 0.6 is 23.2 Å². The van der Waals surface area contributed by atoms with Gasteiger partial charge in [-0.25, -0.2) is 9.48 Å². The van der Waals surface area contributed by atoms with Crippen molar-refractivity contribution in [2.24, 2.45) is 0 Å². The van der Waals surface area contributed by atoms with Crippen LogP contribution in [0.5, 0.6) is 0 Å². The summed E-state index contributed by atoms with van der Waals surface area (Å²) >= 11 is 12.4. The standard InChI is InChI=1S/C25H24Cl2F3N7O3/c1-24(40)10-11-34(14-24)22-31-20(32-37(22)18-5-3-2-4-17(18)27)13-36-23(39)35(12-19(38)25(28,29)30)21(33-36)15-6-8-16(26)9-7-15/h2-9,19,38,40H,10-14H2,1H3. The van der Waals surface area contributed by atoms with Gasteiger partial charge in [-0.1, -0.05) is 35.3 Å². The van der Waals surface area contributed by atoms with Crippen LogP contribution in [-0.2, 0) is 13.1 Å². The van der Waals surface area contributed by atoms with E-state index >= 15 is 0 Å². The van der Waals surface area contributed by atoms with Crippen LogP contribution in [0.25, 0.3) is 17.1 Å². The monoisotopic (exact) mass is 597 g/mol. The molecule has 0 aliphatic carbocycles. The summed E-state index contributed by atoms with van der Waals surface area (Å²) in [6.45, 7) is 1.13. The summed E-state index contributed by atoms with van der Waals surface area (Å²) in [5, 5.41) is 29.8. The van der Waals surface area contributed by atoms with Crippen molar-refractivity contribution in [1.82, 2.24) is 29.1 Å². The fraction of sp³-hybridized carbons (Fsp3) is 0.360. The summed E-state index contributed by atoms with van der Waals surface area (Å²) in [7, 11) is 0. The third-order valence-corrected chi connectivity index (χ3v) is 7.07. The molecule has 0 radical (unpaired) electrons. The molecule has 1 aliphatic heterocycles. The molecule has 4 aromatic rings. The van der Waals surface area contributed by atoms with Crippen LogP contribution in [0.15, 0.2) is 53.3 Å². The van der Waals surface area contributed by atoms with Crippen LogP contribution in [0.4, 0.5) is 19.1 Å². The second-order valence-corrected chi connectivity index (χ2v) is 10.6. The van der Waals surface area contributed by atoms with Gasteiger partial charge in [0.25, 0.3) is 0 Å². The number of anilines is 1. The van der Waals surface area contributed by atoms with Gasteiger partial charge in [-0.05, 0) is 49.7 Å². The number of aliphatic hydroxyl groups excluding tert-OH is 1. The number of hydrogen-bond acceptors (Lipinski definition) is 7. The Hall–Kier alpha value is -3.39. The quantitative estimate of drug-likeness (QED) is 0.335. The Balaban J connectivity index is 1.57. The van der Waals surface area contributed by atoms with E-state index in [4.69, 9.17) is 23.2 Å². The molecule has 0 bridgehead atoms. The Morgan fingerprint density at radius 2 is 1.80 bits per heavy atom. The molecule has 40 heavy (non-hydrogen) atoms. The highest BCUT2D eigenvalue weighted by Crippen LogP contribution is 2.30. The fourth-order valence-corrected chi connectivity index (χ4v) is 4.79. The van der Waals surface area contributed by atoms with Crippen molar-refractivity contribution in [2.45, 2.75) is 44.3 Å². The van der Waals surface area contributed by atoms with Gasteiger partial charge in [0.1, 0.15) is 6.54 Å². The lowest BCUT2D eigenvalue weighted by atomic mass is 10.1. The van der Waals surface area contributed by atoms with Crippen molar-refractivity contribution in [2.75, 3.05) is 18.0 Å². The zero-order chi connectivity index (χ0) is 28.8. The van der Waals surface area contributed by atoms with Gasteiger partial charge in [0.05, 0.1) is 22.9 Å². The fourth-order valence-electron chi connectivity index (χ4n) is 4.45. The highest BCUT2D eigenvalue weighted by Gasteiger charge is 2.39. The van der Waals surface area contributed by atoms with Gasteiger partial charge in [-0.3, -0.25) is 4.57 Å². The first-order valence-corrected chi connectivity index (χ1v) is 12.9. The van der Waals surface area contributed by atoms with Gasteiger partial charge in [0.15, 0.2) is 17.8 Å². The molecule has 212 valence electrons. The number of β-amino-alcohol motifs (C(OH)–C–C–N with tert-alkyl or cyclic N) is 1. The van der Waals surface area contributed by atoms with E-state index in [1.54, 1.807) is 31.2 Å². The highest BCUT2D eigenvalue weighted by atomic mass is 35.5. The van der Waals surface area contributed by atoms with Gasteiger partial charge in [0.2, 0.25) is 5.95 Å². The molecule has 2 atom stereocenters. The normalized spacial score (nSPS) is 18.4. The summed E-state index contributed by atoms with van der Waals surface area (Å²) in [5.41, 5.74) is -1.01. The molecule has 0 spiro atoms. The number of para-hydroxylation sites is 1. The molecule has 15 heteroatoms. The highest BCUT2D eigenvalue weighted by molar-refractivity contribution is 6.32. The van der Waals surface area contributed by atoms with E-state index in [0.29, 0.717) is 40.2 Å².